The van der Waals surface area contributed by atoms with Crippen molar-refractivity contribution in [2.75, 3.05) is 14.2 Å². The third-order valence-corrected chi connectivity index (χ3v) is 14.0. The van der Waals surface area contributed by atoms with Gasteiger partial charge in [0.05, 0.1) is 22.3 Å². The van der Waals surface area contributed by atoms with Gasteiger partial charge in [0.2, 0.25) is 0 Å². The number of hydrogen-bond acceptors (Lipinski definition) is 2. The fourth-order valence-corrected chi connectivity index (χ4v) is 12.8. The third kappa shape index (κ3) is 4.76. The summed E-state index contributed by atoms with van der Waals surface area (Å²) in [5.74, 6) is 2.28. The molecule has 4 unspecified atom stereocenters. The van der Waals surface area contributed by atoms with Crippen LogP contribution in [-0.4, -0.2) is 22.3 Å². The van der Waals surface area contributed by atoms with E-state index in [0.717, 1.165) is 11.5 Å². The van der Waals surface area contributed by atoms with Gasteiger partial charge in [-0.3, -0.25) is 0 Å². The zero-order valence-corrected chi connectivity index (χ0v) is 26.0. The van der Waals surface area contributed by atoms with Crippen molar-refractivity contribution in [3.8, 4) is 11.5 Å². The predicted octanol–water partition coefficient (Wildman–Crippen LogP) is 9.78. The van der Waals surface area contributed by atoms with Gasteiger partial charge in [0.15, 0.2) is 0 Å². The maximum atomic E-state index is 5.44. The SMILES string of the molecule is COc1ccc(C2C=CC=CC3=C2C=C(C)C3[Si](C)(C)C2C(C)=CC3=C2C=CC=CC3c2ccc(OC)cc2)cc1. The highest BCUT2D eigenvalue weighted by Crippen LogP contribution is 2.58. The normalized spacial score (nSPS) is 25.0. The van der Waals surface area contributed by atoms with Gasteiger partial charge in [0.1, 0.15) is 11.5 Å². The smallest absolute Gasteiger partial charge is 0.118 e. The van der Waals surface area contributed by atoms with Crippen molar-refractivity contribution in [1.82, 2.24) is 0 Å². The lowest BCUT2D eigenvalue weighted by Gasteiger charge is -2.40. The molecule has 4 atom stereocenters. The zero-order valence-electron chi connectivity index (χ0n) is 25.0. The molecule has 41 heavy (non-hydrogen) atoms. The number of allylic oxidation sites excluding steroid dienone is 16. The molecule has 0 heterocycles. The highest BCUT2D eigenvalue weighted by Gasteiger charge is 2.48. The Morgan fingerprint density at radius 2 is 0.927 bits per heavy atom. The number of methoxy groups -OCH3 is 2. The van der Waals surface area contributed by atoms with E-state index in [1.807, 2.05) is 0 Å². The largest absolute Gasteiger partial charge is 0.497 e. The van der Waals surface area contributed by atoms with Crippen molar-refractivity contribution in [3.05, 3.63) is 154 Å². The van der Waals surface area contributed by atoms with E-state index in [2.05, 4.69) is 136 Å². The van der Waals surface area contributed by atoms with Crippen LogP contribution >= 0.6 is 0 Å². The molecule has 3 heteroatoms. The first-order chi connectivity index (χ1) is 19.8. The third-order valence-electron chi connectivity index (χ3n) is 9.45. The minimum Gasteiger partial charge on any atom is -0.497 e. The quantitative estimate of drug-likeness (QED) is 0.330. The second-order valence-corrected chi connectivity index (χ2v) is 17.1. The molecule has 0 saturated heterocycles. The number of ether oxygens (including phenoxy) is 2. The Morgan fingerprint density at radius 3 is 1.29 bits per heavy atom. The van der Waals surface area contributed by atoms with Crippen LogP contribution in [0.25, 0.3) is 0 Å². The van der Waals surface area contributed by atoms with Gasteiger partial charge in [-0.2, -0.15) is 0 Å². The van der Waals surface area contributed by atoms with Crippen LogP contribution < -0.4 is 9.47 Å². The molecule has 208 valence electrons. The molecule has 0 aromatic heterocycles. The zero-order chi connectivity index (χ0) is 28.7. The fourth-order valence-electron chi connectivity index (χ4n) is 7.79. The van der Waals surface area contributed by atoms with E-state index in [-0.39, 0.29) is 11.8 Å². The van der Waals surface area contributed by atoms with E-state index in [0.29, 0.717) is 11.1 Å². The number of rotatable bonds is 6. The lowest BCUT2D eigenvalue weighted by Crippen LogP contribution is -2.39. The first kappa shape index (κ1) is 27.4. The number of benzene rings is 2. The minimum atomic E-state index is -1.97. The van der Waals surface area contributed by atoms with Crippen LogP contribution in [0.4, 0.5) is 0 Å². The van der Waals surface area contributed by atoms with E-state index in [1.165, 1.54) is 44.6 Å². The van der Waals surface area contributed by atoms with E-state index < -0.39 is 8.07 Å². The Bertz CT molecular complexity index is 1470. The Kier molecular flexibility index (Phi) is 7.25. The van der Waals surface area contributed by atoms with Gasteiger partial charge < -0.3 is 9.47 Å². The predicted molar refractivity (Wildman–Crippen MR) is 175 cm³/mol. The molecule has 0 bridgehead atoms. The minimum absolute atomic E-state index is 0.243. The fraction of sp³-hybridized carbons (Fsp3) is 0.263. The van der Waals surface area contributed by atoms with Gasteiger partial charge in [-0.05, 0) is 71.5 Å². The lowest BCUT2D eigenvalue weighted by molar-refractivity contribution is 0.414. The average Bonchev–Trinajstić information content (AvgIpc) is 3.31. The van der Waals surface area contributed by atoms with E-state index in [1.54, 1.807) is 14.2 Å². The molecule has 0 fully saturated rings. The van der Waals surface area contributed by atoms with Crippen molar-refractivity contribution in [3.63, 3.8) is 0 Å². The van der Waals surface area contributed by atoms with Crippen molar-refractivity contribution < 1.29 is 9.47 Å². The Morgan fingerprint density at radius 1 is 0.537 bits per heavy atom. The molecule has 0 aliphatic heterocycles. The second kappa shape index (κ2) is 10.9. The molecule has 0 saturated carbocycles. The molecule has 0 radical (unpaired) electrons. The first-order valence-corrected chi connectivity index (χ1v) is 17.8. The molecular weight excluding hydrogens is 517 g/mol. The molecule has 2 nitrogen and oxygen atoms in total. The van der Waals surface area contributed by atoms with Crippen molar-refractivity contribution in [2.24, 2.45) is 0 Å². The average molecular weight is 557 g/mol. The van der Waals surface area contributed by atoms with Crippen molar-refractivity contribution >= 4 is 8.07 Å². The van der Waals surface area contributed by atoms with Gasteiger partial charge in [-0.15, -0.1) is 0 Å². The summed E-state index contributed by atoms with van der Waals surface area (Å²) in [5.41, 5.74) is 12.5. The Balaban J connectivity index is 1.40. The van der Waals surface area contributed by atoms with E-state index in [4.69, 9.17) is 9.47 Å². The molecule has 2 aromatic rings. The van der Waals surface area contributed by atoms with Crippen molar-refractivity contribution in [1.29, 1.82) is 0 Å². The van der Waals surface area contributed by atoms with Gasteiger partial charge in [0, 0.05) is 22.9 Å². The summed E-state index contributed by atoms with van der Waals surface area (Å²) >= 11 is 0. The number of hydrogen-bond donors (Lipinski definition) is 0. The molecule has 0 spiro atoms. The Labute approximate surface area is 246 Å². The lowest BCUT2D eigenvalue weighted by atomic mass is 9.89. The van der Waals surface area contributed by atoms with Gasteiger partial charge in [-0.25, -0.2) is 0 Å². The summed E-state index contributed by atoms with van der Waals surface area (Å²) < 4.78 is 10.9. The van der Waals surface area contributed by atoms with Gasteiger partial charge in [0.25, 0.3) is 0 Å². The maximum Gasteiger partial charge on any atom is 0.118 e. The van der Waals surface area contributed by atoms with E-state index >= 15 is 0 Å². The molecule has 6 rings (SSSR count). The monoisotopic (exact) mass is 556 g/mol. The molecule has 4 aliphatic rings. The van der Waals surface area contributed by atoms with Crippen LogP contribution in [0.5, 0.6) is 11.5 Å². The Hall–Kier alpha value is -3.82. The summed E-state index contributed by atoms with van der Waals surface area (Å²) in [5, 5.41) is 0. The van der Waals surface area contributed by atoms with Gasteiger partial charge >= 0.3 is 0 Å². The maximum absolute atomic E-state index is 5.44. The van der Waals surface area contributed by atoms with Crippen molar-refractivity contribution in [2.45, 2.75) is 49.9 Å². The topological polar surface area (TPSA) is 18.5 Å². The van der Waals surface area contributed by atoms with Gasteiger partial charge in [-0.1, -0.05) is 109 Å². The van der Waals surface area contributed by atoms with E-state index in [9.17, 15) is 0 Å². The summed E-state index contributed by atoms with van der Waals surface area (Å²) in [6, 6.07) is 17.2. The highest BCUT2D eigenvalue weighted by molar-refractivity contribution is 6.83. The van der Waals surface area contributed by atoms with Crippen LogP contribution in [0.15, 0.2) is 143 Å². The molecule has 2 aromatic carbocycles. The standard InChI is InChI=1S/C38H40O2Si/c1-25-23-35-31(27-15-19-29(39-3)20-16-27)11-7-9-13-33(35)37(25)41(5,6)38-26(2)24-36-32(12-8-10-14-34(36)38)28-17-21-30(40-4)22-18-28/h7-24,31-32,37-38H,1-6H3. The second-order valence-electron chi connectivity index (χ2n) is 12.3. The van der Waals surface area contributed by atoms with Crippen LogP contribution in [-0.2, 0) is 0 Å². The summed E-state index contributed by atoms with van der Waals surface area (Å²) in [7, 11) is 1.49. The van der Waals surface area contributed by atoms with Crippen LogP contribution in [0.3, 0.4) is 0 Å². The molecule has 0 N–H and O–H groups in total. The van der Waals surface area contributed by atoms with Crippen LogP contribution in [0.1, 0.15) is 36.8 Å². The molecular formula is C38H40O2Si. The summed E-state index contributed by atoms with van der Waals surface area (Å²) in [6.45, 7) is 9.97. The molecule has 4 aliphatic carbocycles. The summed E-state index contributed by atoms with van der Waals surface area (Å²) in [4.78, 5) is 0. The van der Waals surface area contributed by atoms with Crippen LogP contribution in [0, 0.1) is 0 Å². The first-order valence-electron chi connectivity index (χ1n) is 14.7. The van der Waals surface area contributed by atoms with Crippen LogP contribution in [0.2, 0.25) is 24.2 Å². The highest BCUT2D eigenvalue weighted by atomic mass is 28.3. The summed E-state index contributed by atoms with van der Waals surface area (Å²) in [6.07, 6.45) is 23.4. The molecule has 0 amide bonds.